The minimum absolute atomic E-state index is 0.117. The van der Waals surface area contributed by atoms with Gasteiger partial charge < -0.3 is 14.2 Å². The molecule has 2 aliphatic rings. The molecule has 9 heteroatoms. The van der Waals surface area contributed by atoms with Crippen molar-refractivity contribution in [3.8, 4) is 17.2 Å². The van der Waals surface area contributed by atoms with E-state index in [9.17, 15) is 0 Å². The third kappa shape index (κ3) is 5.03. The number of benzene rings is 2. The van der Waals surface area contributed by atoms with Gasteiger partial charge in [0.2, 0.25) is 5.75 Å². The molecular formula is C27H36N6O3. The Morgan fingerprint density at radius 1 is 0.889 bits per heavy atom. The molecule has 0 radical (unpaired) electrons. The van der Waals surface area contributed by atoms with Crippen LogP contribution in [0.5, 0.6) is 17.2 Å². The van der Waals surface area contributed by atoms with Crippen LogP contribution >= 0.6 is 0 Å². The summed E-state index contributed by atoms with van der Waals surface area (Å²) in [5, 5.41) is 13.2. The maximum absolute atomic E-state index is 5.70. The highest BCUT2D eigenvalue weighted by Gasteiger charge is 2.34. The number of aromatic nitrogens is 4. The molecule has 1 atom stereocenters. The van der Waals surface area contributed by atoms with Crippen molar-refractivity contribution in [1.82, 2.24) is 30.0 Å². The van der Waals surface area contributed by atoms with Crippen molar-refractivity contribution in [2.75, 3.05) is 47.5 Å². The molecule has 192 valence electrons. The highest BCUT2D eigenvalue weighted by molar-refractivity contribution is 5.55. The third-order valence-electron chi connectivity index (χ3n) is 7.46. The van der Waals surface area contributed by atoms with Crippen LogP contribution in [0.2, 0.25) is 0 Å². The first kappa shape index (κ1) is 24.5. The normalized spacial score (nSPS) is 18.3. The van der Waals surface area contributed by atoms with E-state index >= 15 is 0 Å². The van der Waals surface area contributed by atoms with E-state index in [-0.39, 0.29) is 6.04 Å². The van der Waals surface area contributed by atoms with Crippen LogP contribution in [0.15, 0.2) is 42.5 Å². The van der Waals surface area contributed by atoms with Gasteiger partial charge in [-0.3, -0.25) is 9.80 Å². The average molecular weight is 493 g/mol. The molecule has 9 nitrogen and oxygen atoms in total. The Balaban J connectivity index is 1.47. The number of piperazine rings is 1. The zero-order chi connectivity index (χ0) is 24.9. The van der Waals surface area contributed by atoms with Crippen LogP contribution < -0.4 is 14.2 Å². The Labute approximate surface area is 212 Å². The van der Waals surface area contributed by atoms with Crippen molar-refractivity contribution < 1.29 is 14.2 Å². The summed E-state index contributed by atoms with van der Waals surface area (Å²) in [6.07, 6.45) is 4.67. The SMILES string of the molecule is COc1cc([C@@H](c2nnnn2C2CCCC2)N2CCN(Cc3ccccc3)CC2)cc(OC)c1OC. The summed E-state index contributed by atoms with van der Waals surface area (Å²) in [6, 6.07) is 15.0. The van der Waals surface area contributed by atoms with Crippen LogP contribution in [0.3, 0.4) is 0 Å². The van der Waals surface area contributed by atoms with Gasteiger partial charge in [-0.15, -0.1) is 5.10 Å². The Hall–Kier alpha value is -3.17. The van der Waals surface area contributed by atoms with Gasteiger partial charge in [0, 0.05) is 32.7 Å². The number of hydrogen-bond donors (Lipinski definition) is 0. The molecule has 1 saturated heterocycles. The van der Waals surface area contributed by atoms with E-state index in [4.69, 9.17) is 14.2 Å². The first-order chi connectivity index (χ1) is 17.7. The van der Waals surface area contributed by atoms with Crippen LogP contribution in [0.4, 0.5) is 0 Å². The summed E-state index contributed by atoms with van der Waals surface area (Å²) in [6.45, 7) is 4.72. The van der Waals surface area contributed by atoms with Gasteiger partial charge in [0.25, 0.3) is 0 Å². The molecule has 0 unspecified atom stereocenters. The van der Waals surface area contributed by atoms with Crippen LogP contribution in [-0.2, 0) is 6.54 Å². The minimum Gasteiger partial charge on any atom is -0.493 e. The summed E-state index contributed by atoms with van der Waals surface area (Å²) >= 11 is 0. The van der Waals surface area contributed by atoms with E-state index in [0.717, 1.165) is 57.0 Å². The second kappa shape index (κ2) is 11.3. The van der Waals surface area contributed by atoms with E-state index in [0.29, 0.717) is 23.3 Å². The van der Waals surface area contributed by atoms with E-state index in [1.165, 1.54) is 18.4 Å². The summed E-state index contributed by atoms with van der Waals surface area (Å²) in [5.74, 6) is 2.75. The Kier molecular flexibility index (Phi) is 7.67. The lowest BCUT2D eigenvalue weighted by atomic mass is 10.0. The van der Waals surface area contributed by atoms with Crippen molar-refractivity contribution in [3.63, 3.8) is 0 Å². The summed E-state index contributed by atoms with van der Waals surface area (Å²) in [4.78, 5) is 5.00. The van der Waals surface area contributed by atoms with Crippen LogP contribution in [-0.4, -0.2) is 77.5 Å². The standard InChI is InChI=1S/C27H36N6O3/c1-34-23-17-21(18-24(35-2)26(23)36-3)25(27-28-29-30-33(27)22-11-7-8-12-22)32-15-13-31(14-16-32)19-20-9-5-4-6-10-20/h4-6,9-10,17-18,22,25H,7-8,11-16,19H2,1-3H3/t25-/m0/s1. The van der Waals surface area contributed by atoms with Crippen molar-refractivity contribution in [3.05, 3.63) is 59.4 Å². The first-order valence-corrected chi connectivity index (χ1v) is 12.8. The molecule has 0 spiro atoms. The van der Waals surface area contributed by atoms with Crippen molar-refractivity contribution in [1.29, 1.82) is 0 Å². The molecule has 0 N–H and O–H groups in total. The van der Waals surface area contributed by atoms with Crippen LogP contribution in [0.1, 0.15) is 54.7 Å². The summed E-state index contributed by atoms with van der Waals surface area (Å²) in [7, 11) is 4.94. The number of rotatable bonds is 9. The van der Waals surface area contributed by atoms with Crippen molar-refractivity contribution in [2.45, 2.75) is 44.3 Å². The van der Waals surface area contributed by atoms with E-state index < -0.39 is 0 Å². The highest BCUT2D eigenvalue weighted by Crippen LogP contribution is 2.43. The smallest absolute Gasteiger partial charge is 0.203 e. The molecule has 0 bridgehead atoms. The fraction of sp³-hybridized carbons (Fsp3) is 0.519. The monoisotopic (exact) mass is 492 g/mol. The van der Waals surface area contributed by atoms with Crippen LogP contribution in [0, 0.1) is 0 Å². The number of nitrogens with zero attached hydrogens (tertiary/aromatic N) is 6. The van der Waals surface area contributed by atoms with Gasteiger partial charge in [-0.2, -0.15) is 0 Å². The minimum atomic E-state index is -0.117. The predicted octanol–water partition coefficient (Wildman–Crippen LogP) is 3.72. The molecule has 0 amide bonds. The molecule has 1 aliphatic heterocycles. The lowest BCUT2D eigenvalue weighted by Gasteiger charge is -2.39. The molecule has 5 rings (SSSR count). The second-order valence-corrected chi connectivity index (χ2v) is 9.58. The number of ether oxygens (including phenoxy) is 3. The molecule has 3 aromatic rings. The zero-order valence-electron chi connectivity index (χ0n) is 21.5. The Bertz CT molecular complexity index is 1100. The lowest BCUT2D eigenvalue weighted by Crippen LogP contribution is -2.48. The van der Waals surface area contributed by atoms with Crippen molar-refractivity contribution in [2.24, 2.45) is 0 Å². The van der Waals surface area contributed by atoms with E-state index in [1.54, 1.807) is 21.3 Å². The number of methoxy groups -OCH3 is 3. The fourth-order valence-electron chi connectivity index (χ4n) is 5.59. The first-order valence-electron chi connectivity index (χ1n) is 12.8. The van der Waals surface area contributed by atoms with Gasteiger partial charge in [0.15, 0.2) is 17.3 Å². The topological polar surface area (TPSA) is 77.8 Å². The van der Waals surface area contributed by atoms with Crippen molar-refractivity contribution >= 4 is 0 Å². The van der Waals surface area contributed by atoms with Gasteiger partial charge in [-0.1, -0.05) is 43.2 Å². The second-order valence-electron chi connectivity index (χ2n) is 9.58. The predicted molar refractivity (Wildman–Crippen MR) is 137 cm³/mol. The quantitative estimate of drug-likeness (QED) is 0.447. The third-order valence-corrected chi connectivity index (χ3v) is 7.46. The largest absolute Gasteiger partial charge is 0.493 e. The average Bonchev–Trinajstić information content (AvgIpc) is 3.62. The van der Waals surface area contributed by atoms with E-state index in [2.05, 4.69) is 60.3 Å². The molecule has 1 aliphatic carbocycles. The maximum atomic E-state index is 5.70. The molecule has 2 aromatic carbocycles. The summed E-state index contributed by atoms with van der Waals surface area (Å²) < 4.78 is 19.1. The zero-order valence-corrected chi connectivity index (χ0v) is 21.5. The summed E-state index contributed by atoms with van der Waals surface area (Å²) in [5.41, 5.74) is 2.38. The van der Waals surface area contributed by atoms with Gasteiger partial charge in [-0.05, 0) is 46.5 Å². The van der Waals surface area contributed by atoms with E-state index in [1.807, 2.05) is 12.1 Å². The van der Waals surface area contributed by atoms with Gasteiger partial charge in [0.1, 0.15) is 0 Å². The molecule has 2 fully saturated rings. The molecule has 1 aromatic heterocycles. The highest BCUT2D eigenvalue weighted by atomic mass is 16.5. The molecule has 2 heterocycles. The van der Waals surface area contributed by atoms with Gasteiger partial charge in [-0.25, -0.2) is 4.68 Å². The number of tetrazole rings is 1. The molecular weight excluding hydrogens is 456 g/mol. The van der Waals surface area contributed by atoms with Crippen LogP contribution in [0.25, 0.3) is 0 Å². The number of hydrogen-bond acceptors (Lipinski definition) is 8. The molecule has 36 heavy (non-hydrogen) atoms. The maximum Gasteiger partial charge on any atom is 0.203 e. The van der Waals surface area contributed by atoms with Gasteiger partial charge >= 0.3 is 0 Å². The Morgan fingerprint density at radius 2 is 1.56 bits per heavy atom. The fourth-order valence-corrected chi connectivity index (χ4v) is 5.59. The Morgan fingerprint density at radius 3 is 2.17 bits per heavy atom. The lowest BCUT2D eigenvalue weighted by molar-refractivity contribution is 0.0991. The van der Waals surface area contributed by atoms with Gasteiger partial charge in [0.05, 0.1) is 33.4 Å². The molecule has 1 saturated carbocycles.